The predicted molar refractivity (Wildman–Crippen MR) is 86.1 cm³/mol. The van der Waals surface area contributed by atoms with E-state index in [1.807, 2.05) is 13.8 Å². The molecule has 0 unspecified atom stereocenters. The molecule has 1 amide bonds. The van der Waals surface area contributed by atoms with Crippen molar-refractivity contribution in [2.75, 3.05) is 5.32 Å². The minimum absolute atomic E-state index is 0.0590. The van der Waals surface area contributed by atoms with E-state index in [0.29, 0.717) is 18.0 Å². The molecule has 0 atom stereocenters. The highest BCUT2D eigenvalue weighted by molar-refractivity contribution is 7.15. The number of hydrogen-bond donors (Lipinski definition) is 1. The van der Waals surface area contributed by atoms with Crippen LogP contribution in [0, 0.1) is 13.8 Å². The largest absolute Gasteiger partial charge is 0.361 e. The van der Waals surface area contributed by atoms with Crippen molar-refractivity contribution in [1.29, 1.82) is 0 Å². The number of unbranched alkanes of at least 4 members (excludes halogenated alkanes) is 2. The molecule has 0 saturated heterocycles. The van der Waals surface area contributed by atoms with Gasteiger partial charge in [-0.3, -0.25) is 4.79 Å². The van der Waals surface area contributed by atoms with E-state index in [0.717, 1.165) is 34.9 Å². The van der Waals surface area contributed by atoms with Crippen molar-refractivity contribution < 1.29 is 9.32 Å². The fourth-order valence-corrected chi connectivity index (χ4v) is 3.01. The molecule has 0 fully saturated rings. The lowest BCUT2D eigenvalue weighted by Gasteiger charge is -2.01. The normalized spacial score (nSPS) is 10.9. The Morgan fingerprint density at radius 3 is 2.73 bits per heavy atom. The van der Waals surface area contributed by atoms with E-state index in [1.54, 1.807) is 0 Å². The summed E-state index contributed by atoms with van der Waals surface area (Å²) in [6, 6.07) is 0. The molecule has 0 aromatic carbocycles. The van der Waals surface area contributed by atoms with Gasteiger partial charge in [-0.2, -0.15) is 0 Å². The lowest BCUT2D eigenvalue weighted by atomic mass is 10.1. The second kappa shape index (κ2) is 8.03. The Bertz CT molecular complexity index is 601. The second-order valence-corrected chi connectivity index (χ2v) is 6.37. The van der Waals surface area contributed by atoms with Gasteiger partial charge in [0.15, 0.2) is 0 Å². The Labute approximate surface area is 134 Å². The van der Waals surface area contributed by atoms with Crippen LogP contribution in [0.5, 0.6) is 0 Å². The van der Waals surface area contributed by atoms with Gasteiger partial charge in [0, 0.05) is 18.4 Å². The average Bonchev–Trinajstić information content (AvgIpc) is 3.05. The van der Waals surface area contributed by atoms with Crippen molar-refractivity contribution in [1.82, 2.24) is 15.4 Å². The topological polar surface area (TPSA) is 80.9 Å². The number of hydrogen-bond acceptors (Lipinski definition) is 6. The highest BCUT2D eigenvalue weighted by Gasteiger charge is 2.12. The Morgan fingerprint density at radius 2 is 2.05 bits per heavy atom. The molecular weight excluding hydrogens is 300 g/mol. The van der Waals surface area contributed by atoms with E-state index in [2.05, 4.69) is 27.6 Å². The quantitative estimate of drug-likeness (QED) is 0.753. The van der Waals surface area contributed by atoms with Gasteiger partial charge in [-0.25, -0.2) is 0 Å². The van der Waals surface area contributed by atoms with Crippen molar-refractivity contribution >= 4 is 22.4 Å². The van der Waals surface area contributed by atoms with Crippen molar-refractivity contribution in [3.63, 3.8) is 0 Å². The molecule has 120 valence electrons. The van der Waals surface area contributed by atoms with Gasteiger partial charge in [0.2, 0.25) is 11.0 Å². The van der Waals surface area contributed by atoms with Crippen molar-refractivity contribution in [3.05, 3.63) is 22.0 Å². The third kappa shape index (κ3) is 4.62. The Hall–Kier alpha value is -1.76. The zero-order chi connectivity index (χ0) is 15.9. The molecule has 1 N–H and O–H groups in total. The van der Waals surface area contributed by atoms with E-state index < -0.39 is 0 Å². The van der Waals surface area contributed by atoms with Crippen LogP contribution in [0.4, 0.5) is 5.13 Å². The van der Waals surface area contributed by atoms with Crippen molar-refractivity contribution in [2.45, 2.75) is 59.3 Å². The number of amides is 1. The molecule has 22 heavy (non-hydrogen) atoms. The highest BCUT2D eigenvalue weighted by Crippen LogP contribution is 2.19. The number of rotatable bonds is 8. The van der Waals surface area contributed by atoms with Crippen LogP contribution in [0.15, 0.2) is 4.52 Å². The fraction of sp³-hybridized carbons (Fsp3) is 0.600. The summed E-state index contributed by atoms with van der Waals surface area (Å²) in [4.78, 5) is 12.0. The van der Waals surface area contributed by atoms with Crippen molar-refractivity contribution in [2.24, 2.45) is 0 Å². The summed E-state index contributed by atoms with van der Waals surface area (Å²) in [5.41, 5.74) is 1.85. The van der Waals surface area contributed by atoms with Gasteiger partial charge in [-0.15, -0.1) is 10.2 Å². The van der Waals surface area contributed by atoms with Crippen LogP contribution in [0.2, 0.25) is 0 Å². The van der Waals surface area contributed by atoms with Crippen molar-refractivity contribution in [3.8, 4) is 0 Å². The van der Waals surface area contributed by atoms with Crippen LogP contribution in [0.25, 0.3) is 0 Å². The van der Waals surface area contributed by atoms with E-state index >= 15 is 0 Å². The number of nitrogens with one attached hydrogen (secondary N) is 1. The summed E-state index contributed by atoms with van der Waals surface area (Å²) in [6.07, 6.45) is 5.43. The van der Waals surface area contributed by atoms with E-state index in [4.69, 9.17) is 4.52 Å². The van der Waals surface area contributed by atoms with Crippen LogP contribution in [-0.4, -0.2) is 21.3 Å². The van der Waals surface area contributed by atoms with E-state index in [1.165, 1.54) is 24.2 Å². The highest BCUT2D eigenvalue weighted by atomic mass is 32.1. The number of carbonyl (C=O) groups excluding carboxylic acids is 1. The summed E-state index contributed by atoms with van der Waals surface area (Å²) < 4.78 is 5.09. The molecule has 0 radical (unpaired) electrons. The smallest absolute Gasteiger partial charge is 0.226 e. The number of carbonyl (C=O) groups is 1. The molecule has 0 aliphatic rings. The summed E-state index contributed by atoms with van der Waals surface area (Å²) >= 11 is 1.46. The van der Waals surface area contributed by atoms with Crippen LogP contribution >= 0.6 is 11.3 Å². The molecule has 2 aromatic heterocycles. The number of nitrogens with zero attached hydrogens (tertiary/aromatic N) is 3. The summed E-state index contributed by atoms with van der Waals surface area (Å²) in [5.74, 6) is 0.718. The maximum atomic E-state index is 12.0. The van der Waals surface area contributed by atoms with Crippen LogP contribution in [0.3, 0.4) is 0 Å². The maximum Gasteiger partial charge on any atom is 0.226 e. The first-order chi connectivity index (χ1) is 10.6. The fourth-order valence-electron chi connectivity index (χ4n) is 2.21. The minimum Gasteiger partial charge on any atom is -0.361 e. The predicted octanol–water partition coefficient (Wildman–Crippen LogP) is 3.45. The molecule has 6 nitrogen and oxygen atoms in total. The number of aryl methyl sites for hydroxylation is 3. The number of anilines is 1. The summed E-state index contributed by atoms with van der Waals surface area (Å²) in [7, 11) is 0. The van der Waals surface area contributed by atoms with E-state index in [9.17, 15) is 4.79 Å². The zero-order valence-corrected chi connectivity index (χ0v) is 14.1. The van der Waals surface area contributed by atoms with Crippen LogP contribution in [0.1, 0.15) is 54.6 Å². The molecule has 0 aliphatic carbocycles. The molecule has 2 rings (SSSR count). The lowest BCUT2D eigenvalue weighted by Crippen LogP contribution is -2.12. The third-order valence-corrected chi connectivity index (χ3v) is 4.39. The molecule has 2 aromatic rings. The standard InChI is InChI=1S/C15H22N4O2S/c1-4-5-6-7-14-17-18-15(22-14)16-13(20)9-8-12-10(2)19-21-11(12)3/h4-9H2,1-3H3,(H,16,18,20). The zero-order valence-electron chi connectivity index (χ0n) is 13.3. The van der Waals surface area contributed by atoms with Gasteiger partial charge in [-0.05, 0) is 26.7 Å². The molecule has 0 bridgehead atoms. The van der Waals surface area contributed by atoms with Crippen LogP contribution in [-0.2, 0) is 17.6 Å². The summed E-state index contributed by atoms with van der Waals surface area (Å²) in [5, 5.41) is 16.4. The molecule has 0 aliphatic heterocycles. The molecule has 2 heterocycles. The van der Waals surface area contributed by atoms with Crippen LogP contribution < -0.4 is 5.32 Å². The van der Waals surface area contributed by atoms with Gasteiger partial charge in [0.05, 0.1) is 5.69 Å². The molecular formula is C15H22N4O2S. The third-order valence-electron chi connectivity index (χ3n) is 3.49. The molecule has 0 spiro atoms. The number of aromatic nitrogens is 3. The Kier molecular flexibility index (Phi) is 6.06. The second-order valence-electron chi connectivity index (χ2n) is 5.31. The van der Waals surface area contributed by atoms with Gasteiger partial charge in [0.25, 0.3) is 0 Å². The molecule has 7 heteroatoms. The van der Waals surface area contributed by atoms with Gasteiger partial charge in [-0.1, -0.05) is 36.3 Å². The molecule has 0 saturated carbocycles. The average molecular weight is 322 g/mol. The SMILES string of the molecule is CCCCCc1nnc(NC(=O)CCc2c(C)noc2C)s1. The van der Waals surface area contributed by atoms with Gasteiger partial charge in [0.1, 0.15) is 10.8 Å². The first kappa shape index (κ1) is 16.6. The van der Waals surface area contributed by atoms with Gasteiger partial charge >= 0.3 is 0 Å². The van der Waals surface area contributed by atoms with E-state index in [-0.39, 0.29) is 5.91 Å². The first-order valence-corrected chi connectivity index (χ1v) is 8.45. The lowest BCUT2D eigenvalue weighted by molar-refractivity contribution is -0.116. The monoisotopic (exact) mass is 322 g/mol. The first-order valence-electron chi connectivity index (χ1n) is 7.64. The van der Waals surface area contributed by atoms with Gasteiger partial charge < -0.3 is 9.84 Å². The Balaban J connectivity index is 1.79. The summed E-state index contributed by atoms with van der Waals surface area (Å²) in [6.45, 7) is 5.92. The Morgan fingerprint density at radius 1 is 1.23 bits per heavy atom. The minimum atomic E-state index is -0.0590. The maximum absolute atomic E-state index is 12.0.